The second-order valence-corrected chi connectivity index (χ2v) is 5.86. The number of nitrogens with zero attached hydrogens (tertiary/aromatic N) is 2. The molecular formula is C18H16ClF2N3O4. The Balaban J connectivity index is 1.69. The van der Waals surface area contributed by atoms with Crippen molar-refractivity contribution >= 4 is 17.3 Å². The maximum Gasteiger partial charge on any atom is 0.387 e. The topological polar surface area (TPSA) is 78.6 Å². The summed E-state index contributed by atoms with van der Waals surface area (Å²) in [6.45, 7) is -2.74. The summed E-state index contributed by atoms with van der Waals surface area (Å²) >= 11 is 5.92. The smallest absolute Gasteiger partial charge is 0.387 e. The summed E-state index contributed by atoms with van der Waals surface area (Å²) in [6.07, 6.45) is 0. The van der Waals surface area contributed by atoms with Gasteiger partial charge in [-0.1, -0.05) is 16.8 Å². The maximum absolute atomic E-state index is 12.3. The molecule has 0 unspecified atom stereocenters. The Morgan fingerprint density at radius 3 is 2.61 bits per heavy atom. The first-order valence-corrected chi connectivity index (χ1v) is 8.41. The zero-order valence-corrected chi connectivity index (χ0v) is 15.7. The summed E-state index contributed by atoms with van der Waals surface area (Å²) in [5.74, 6) is 1.75. The Bertz CT molecular complexity index is 952. The lowest BCUT2D eigenvalue weighted by Gasteiger charge is -2.09. The monoisotopic (exact) mass is 411 g/mol. The molecule has 0 amide bonds. The molecule has 0 aliphatic heterocycles. The van der Waals surface area contributed by atoms with Crippen molar-refractivity contribution in [3.05, 3.63) is 47.3 Å². The molecule has 7 nitrogen and oxygen atoms in total. The van der Waals surface area contributed by atoms with Crippen molar-refractivity contribution in [3.63, 3.8) is 0 Å². The highest BCUT2D eigenvalue weighted by atomic mass is 35.5. The molecule has 0 saturated heterocycles. The summed E-state index contributed by atoms with van der Waals surface area (Å²) in [5.41, 5.74) is 1.23. The molecule has 10 heteroatoms. The van der Waals surface area contributed by atoms with Gasteiger partial charge in [0.25, 0.3) is 0 Å². The number of rotatable bonds is 8. The van der Waals surface area contributed by atoms with Crippen LogP contribution in [0.25, 0.3) is 11.4 Å². The molecule has 0 aliphatic rings. The number of alkyl halides is 2. The van der Waals surface area contributed by atoms with E-state index in [1.807, 2.05) is 0 Å². The highest BCUT2D eigenvalue weighted by molar-refractivity contribution is 6.32. The Morgan fingerprint density at radius 2 is 1.93 bits per heavy atom. The van der Waals surface area contributed by atoms with Crippen molar-refractivity contribution in [3.8, 4) is 28.6 Å². The number of hydrogen-bond acceptors (Lipinski definition) is 7. The van der Waals surface area contributed by atoms with Gasteiger partial charge in [0, 0.05) is 11.8 Å². The van der Waals surface area contributed by atoms with Crippen LogP contribution in [0.15, 0.2) is 40.9 Å². The standard InChI is InChI=1S/C18H16ClF2N3O4/c1-25-11-4-5-12(15(8-11)26-2)17-23-16(28-24-17)9-22-10-3-6-14(13(19)7-10)27-18(20)21/h3-8,18,22H,9H2,1-2H3. The molecule has 0 aliphatic carbocycles. The average molecular weight is 412 g/mol. The summed E-state index contributed by atoms with van der Waals surface area (Å²) in [7, 11) is 3.09. The molecule has 148 valence electrons. The quantitative estimate of drug-likeness (QED) is 0.579. The maximum atomic E-state index is 12.3. The highest BCUT2D eigenvalue weighted by Gasteiger charge is 2.15. The van der Waals surface area contributed by atoms with Gasteiger partial charge < -0.3 is 24.1 Å². The lowest BCUT2D eigenvalue weighted by Crippen LogP contribution is -2.03. The minimum absolute atomic E-state index is 0.0551. The van der Waals surface area contributed by atoms with Crippen molar-refractivity contribution in [2.24, 2.45) is 0 Å². The normalized spacial score (nSPS) is 10.8. The van der Waals surface area contributed by atoms with Crippen LogP contribution in [-0.4, -0.2) is 31.0 Å². The van der Waals surface area contributed by atoms with E-state index in [-0.39, 0.29) is 17.3 Å². The second kappa shape index (κ2) is 8.75. The zero-order valence-electron chi connectivity index (χ0n) is 14.9. The van der Waals surface area contributed by atoms with E-state index in [2.05, 4.69) is 20.2 Å². The van der Waals surface area contributed by atoms with Crippen LogP contribution in [0.1, 0.15) is 5.89 Å². The number of aromatic nitrogens is 2. The van der Waals surface area contributed by atoms with E-state index in [1.165, 1.54) is 19.2 Å². The second-order valence-electron chi connectivity index (χ2n) is 5.46. The zero-order chi connectivity index (χ0) is 20.1. The molecule has 0 bridgehead atoms. The van der Waals surface area contributed by atoms with Gasteiger partial charge in [0.1, 0.15) is 17.2 Å². The van der Waals surface area contributed by atoms with Crippen molar-refractivity contribution in [2.75, 3.05) is 19.5 Å². The Labute approximate surface area is 164 Å². The number of anilines is 1. The van der Waals surface area contributed by atoms with Gasteiger partial charge in [-0.3, -0.25) is 0 Å². The van der Waals surface area contributed by atoms with Crippen LogP contribution in [0.2, 0.25) is 5.02 Å². The SMILES string of the molecule is COc1ccc(-c2noc(CNc3ccc(OC(F)F)c(Cl)c3)n2)c(OC)c1. The van der Waals surface area contributed by atoms with Crippen LogP contribution < -0.4 is 19.5 Å². The van der Waals surface area contributed by atoms with E-state index in [1.54, 1.807) is 31.4 Å². The van der Waals surface area contributed by atoms with E-state index in [4.69, 9.17) is 25.6 Å². The van der Waals surface area contributed by atoms with Crippen molar-refractivity contribution in [1.29, 1.82) is 0 Å². The van der Waals surface area contributed by atoms with Gasteiger partial charge >= 0.3 is 6.61 Å². The van der Waals surface area contributed by atoms with Crippen LogP contribution in [0, 0.1) is 0 Å². The largest absolute Gasteiger partial charge is 0.497 e. The third kappa shape index (κ3) is 4.61. The average Bonchev–Trinajstić information content (AvgIpc) is 3.16. The molecule has 0 fully saturated rings. The first-order chi connectivity index (χ1) is 13.5. The first kappa shape index (κ1) is 19.7. The van der Waals surface area contributed by atoms with Crippen LogP contribution in [-0.2, 0) is 6.54 Å². The van der Waals surface area contributed by atoms with Crippen molar-refractivity contribution in [2.45, 2.75) is 13.2 Å². The van der Waals surface area contributed by atoms with E-state index in [9.17, 15) is 8.78 Å². The molecule has 0 spiro atoms. The van der Waals surface area contributed by atoms with Gasteiger partial charge in [-0.2, -0.15) is 13.8 Å². The molecule has 0 saturated carbocycles. The number of hydrogen-bond donors (Lipinski definition) is 1. The van der Waals surface area contributed by atoms with E-state index >= 15 is 0 Å². The molecule has 0 radical (unpaired) electrons. The van der Waals surface area contributed by atoms with Crippen LogP contribution in [0.4, 0.5) is 14.5 Å². The number of halogens is 3. The molecule has 1 N–H and O–H groups in total. The number of ether oxygens (including phenoxy) is 3. The summed E-state index contributed by atoms with van der Waals surface area (Å²) in [5, 5.41) is 7.02. The predicted octanol–water partition coefficient (Wildman–Crippen LogP) is 4.62. The molecule has 28 heavy (non-hydrogen) atoms. The molecule has 1 aromatic heterocycles. The minimum atomic E-state index is -2.94. The molecule has 0 atom stereocenters. The number of benzene rings is 2. The molecule has 2 aromatic carbocycles. The minimum Gasteiger partial charge on any atom is -0.497 e. The third-order valence-electron chi connectivity index (χ3n) is 3.71. The van der Waals surface area contributed by atoms with Crippen LogP contribution in [0.3, 0.4) is 0 Å². The molecule has 3 rings (SSSR count). The Hall–Kier alpha value is -3.07. The predicted molar refractivity (Wildman–Crippen MR) is 98.2 cm³/mol. The number of nitrogens with one attached hydrogen (secondary N) is 1. The van der Waals surface area contributed by atoms with Gasteiger partial charge in [-0.25, -0.2) is 0 Å². The fourth-order valence-electron chi connectivity index (χ4n) is 2.40. The van der Waals surface area contributed by atoms with Gasteiger partial charge in [-0.15, -0.1) is 0 Å². The summed E-state index contributed by atoms with van der Waals surface area (Å²) in [6, 6.07) is 9.60. The van der Waals surface area contributed by atoms with Gasteiger partial charge in [-0.05, 0) is 30.3 Å². The van der Waals surface area contributed by atoms with Crippen LogP contribution >= 0.6 is 11.6 Å². The fourth-order valence-corrected chi connectivity index (χ4v) is 2.62. The summed E-state index contributed by atoms with van der Waals surface area (Å²) < 4.78 is 44.6. The van der Waals surface area contributed by atoms with E-state index < -0.39 is 6.61 Å². The fraction of sp³-hybridized carbons (Fsp3) is 0.222. The number of methoxy groups -OCH3 is 2. The molecule has 1 heterocycles. The van der Waals surface area contributed by atoms with Gasteiger partial charge in [0.15, 0.2) is 0 Å². The lowest BCUT2D eigenvalue weighted by atomic mass is 10.2. The van der Waals surface area contributed by atoms with E-state index in [0.717, 1.165) is 0 Å². The Kier molecular flexibility index (Phi) is 6.15. The summed E-state index contributed by atoms with van der Waals surface area (Å²) in [4.78, 5) is 4.32. The van der Waals surface area contributed by atoms with E-state index in [0.29, 0.717) is 34.5 Å². The third-order valence-corrected chi connectivity index (χ3v) is 4.00. The lowest BCUT2D eigenvalue weighted by molar-refractivity contribution is -0.0497. The van der Waals surface area contributed by atoms with Crippen molar-refractivity contribution in [1.82, 2.24) is 10.1 Å². The first-order valence-electron chi connectivity index (χ1n) is 8.03. The Morgan fingerprint density at radius 1 is 1.11 bits per heavy atom. The van der Waals surface area contributed by atoms with Gasteiger partial charge in [0.05, 0.1) is 31.4 Å². The van der Waals surface area contributed by atoms with Gasteiger partial charge in [0.2, 0.25) is 11.7 Å². The molecular weight excluding hydrogens is 396 g/mol. The molecule has 3 aromatic rings. The van der Waals surface area contributed by atoms with Crippen LogP contribution in [0.5, 0.6) is 17.2 Å². The van der Waals surface area contributed by atoms with Crippen molar-refractivity contribution < 1.29 is 27.5 Å². The highest BCUT2D eigenvalue weighted by Crippen LogP contribution is 2.32.